The van der Waals surface area contributed by atoms with Gasteiger partial charge in [0.1, 0.15) is 17.5 Å². The summed E-state index contributed by atoms with van der Waals surface area (Å²) in [5.74, 6) is 3.93. The molecule has 0 bridgehead atoms. The lowest BCUT2D eigenvalue weighted by Gasteiger charge is -2.17. The lowest BCUT2D eigenvalue weighted by Crippen LogP contribution is -2.21. The van der Waals surface area contributed by atoms with Crippen molar-refractivity contribution in [2.45, 2.75) is 32.1 Å². The number of anilines is 2. The minimum Gasteiger partial charge on any atom is -0.384 e. The van der Waals surface area contributed by atoms with Gasteiger partial charge in [0, 0.05) is 25.1 Å². The van der Waals surface area contributed by atoms with Crippen molar-refractivity contribution in [1.29, 1.82) is 0 Å². The highest BCUT2D eigenvalue weighted by molar-refractivity contribution is 5.48. The molecule has 1 saturated heterocycles. The quantitative estimate of drug-likeness (QED) is 0.822. The van der Waals surface area contributed by atoms with E-state index in [2.05, 4.69) is 21.8 Å². The van der Waals surface area contributed by atoms with Gasteiger partial charge in [-0.05, 0) is 25.2 Å². The van der Waals surface area contributed by atoms with E-state index in [4.69, 9.17) is 5.73 Å². The van der Waals surface area contributed by atoms with Gasteiger partial charge in [0.2, 0.25) is 0 Å². The third-order valence-electron chi connectivity index (χ3n) is 3.44. The largest absolute Gasteiger partial charge is 0.384 e. The zero-order valence-electron chi connectivity index (χ0n) is 9.69. The minimum atomic E-state index is 0.572. The van der Waals surface area contributed by atoms with E-state index in [1.54, 1.807) is 0 Å². The molecule has 1 aromatic rings. The van der Waals surface area contributed by atoms with E-state index in [0.29, 0.717) is 11.7 Å². The fourth-order valence-electron chi connectivity index (χ4n) is 2.30. The number of aromatic nitrogens is 2. The van der Waals surface area contributed by atoms with Gasteiger partial charge in [-0.2, -0.15) is 0 Å². The topological polar surface area (TPSA) is 55.0 Å². The summed E-state index contributed by atoms with van der Waals surface area (Å²) in [7, 11) is 0. The van der Waals surface area contributed by atoms with Crippen molar-refractivity contribution in [2.24, 2.45) is 5.92 Å². The third-order valence-corrected chi connectivity index (χ3v) is 3.44. The standard InChI is InChI=1S/C12H18N4/c1-8-4-5-16(7-8)11-6-10(13)14-12(15-11)9-2-3-9/h6,8-9H,2-5,7H2,1H3,(H2,13,14,15). The monoisotopic (exact) mass is 218 g/mol. The van der Waals surface area contributed by atoms with E-state index in [0.717, 1.165) is 30.6 Å². The molecule has 1 unspecified atom stereocenters. The molecular weight excluding hydrogens is 200 g/mol. The normalized spacial score (nSPS) is 25.1. The molecule has 86 valence electrons. The predicted octanol–water partition coefficient (Wildman–Crippen LogP) is 1.78. The van der Waals surface area contributed by atoms with Crippen LogP contribution in [-0.4, -0.2) is 23.1 Å². The zero-order valence-corrected chi connectivity index (χ0v) is 9.69. The van der Waals surface area contributed by atoms with Crippen LogP contribution in [0.2, 0.25) is 0 Å². The maximum Gasteiger partial charge on any atom is 0.136 e. The summed E-state index contributed by atoms with van der Waals surface area (Å²) < 4.78 is 0. The van der Waals surface area contributed by atoms with Crippen LogP contribution in [0.25, 0.3) is 0 Å². The zero-order chi connectivity index (χ0) is 11.1. The van der Waals surface area contributed by atoms with Crippen LogP contribution in [0.15, 0.2) is 6.07 Å². The van der Waals surface area contributed by atoms with Gasteiger partial charge in [0.05, 0.1) is 0 Å². The van der Waals surface area contributed by atoms with Crippen LogP contribution in [0.1, 0.15) is 37.9 Å². The molecule has 0 aromatic carbocycles. The Hall–Kier alpha value is -1.32. The highest BCUT2D eigenvalue weighted by Gasteiger charge is 2.28. The molecule has 1 aliphatic carbocycles. The molecule has 2 fully saturated rings. The Balaban J connectivity index is 1.88. The van der Waals surface area contributed by atoms with E-state index in [-0.39, 0.29) is 0 Å². The molecule has 4 heteroatoms. The fraction of sp³-hybridized carbons (Fsp3) is 0.667. The molecule has 0 amide bonds. The Morgan fingerprint density at radius 1 is 1.31 bits per heavy atom. The van der Waals surface area contributed by atoms with Crippen molar-refractivity contribution in [3.8, 4) is 0 Å². The summed E-state index contributed by atoms with van der Waals surface area (Å²) in [5, 5.41) is 0. The fourth-order valence-corrected chi connectivity index (χ4v) is 2.30. The van der Waals surface area contributed by atoms with Crippen LogP contribution in [0.3, 0.4) is 0 Å². The number of nitrogen functional groups attached to an aromatic ring is 1. The van der Waals surface area contributed by atoms with E-state index in [1.165, 1.54) is 19.3 Å². The van der Waals surface area contributed by atoms with E-state index in [9.17, 15) is 0 Å². The Morgan fingerprint density at radius 3 is 2.75 bits per heavy atom. The maximum absolute atomic E-state index is 5.85. The highest BCUT2D eigenvalue weighted by Crippen LogP contribution is 2.39. The Kier molecular flexibility index (Phi) is 2.23. The van der Waals surface area contributed by atoms with E-state index >= 15 is 0 Å². The molecule has 2 aliphatic rings. The van der Waals surface area contributed by atoms with Gasteiger partial charge in [-0.15, -0.1) is 0 Å². The summed E-state index contributed by atoms with van der Waals surface area (Å²) >= 11 is 0. The van der Waals surface area contributed by atoms with Gasteiger partial charge < -0.3 is 10.6 Å². The second-order valence-corrected chi connectivity index (χ2v) is 5.12. The second kappa shape index (κ2) is 3.61. The average Bonchev–Trinajstić information content (AvgIpc) is 3.01. The van der Waals surface area contributed by atoms with Crippen molar-refractivity contribution in [3.05, 3.63) is 11.9 Å². The minimum absolute atomic E-state index is 0.572. The van der Waals surface area contributed by atoms with Crippen LogP contribution in [-0.2, 0) is 0 Å². The molecule has 0 spiro atoms. The first-order chi connectivity index (χ1) is 7.72. The van der Waals surface area contributed by atoms with E-state index < -0.39 is 0 Å². The number of hydrogen-bond acceptors (Lipinski definition) is 4. The Labute approximate surface area is 95.9 Å². The van der Waals surface area contributed by atoms with Crippen molar-refractivity contribution >= 4 is 11.6 Å². The summed E-state index contributed by atoms with van der Waals surface area (Å²) in [6.45, 7) is 4.48. The van der Waals surface area contributed by atoms with Gasteiger partial charge in [-0.3, -0.25) is 0 Å². The van der Waals surface area contributed by atoms with Gasteiger partial charge in [0.15, 0.2) is 0 Å². The van der Waals surface area contributed by atoms with Gasteiger partial charge in [-0.25, -0.2) is 9.97 Å². The van der Waals surface area contributed by atoms with Gasteiger partial charge >= 0.3 is 0 Å². The maximum atomic E-state index is 5.85. The molecule has 0 radical (unpaired) electrons. The molecule has 1 aromatic heterocycles. The molecule has 3 rings (SSSR count). The van der Waals surface area contributed by atoms with Crippen LogP contribution >= 0.6 is 0 Å². The first kappa shape index (κ1) is 9.87. The van der Waals surface area contributed by atoms with Gasteiger partial charge in [-0.1, -0.05) is 6.92 Å². The Morgan fingerprint density at radius 2 is 2.12 bits per heavy atom. The molecule has 4 nitrogen and oxygen atoms in total. The number of nitrogens with zero attached hydrogens (tertiary/aromatic N) is 3. The molecule has 1 aliphatic heterocycles. The summed E-state index contributed by atoms with van der Waals surface area (Å²) in [6.07, 6.45) is 3.70. The van der Waals surface area contributed by atoms with Crippen molar-refractivity contribution in [2.75, 3.05) is 23.7 Å². The van der Waals surface area contributed by atoms with Crippen molar-refractivity contribution < 1.29 is 0 Å². The average molecular weight is 218 g/mol. The first-order valence-electron chi connectivity index (χ1n) is 6.12. The third kappa shape index (κ3) is 1.84. The van der Waals surface area contributed by atoms with Crippen LogP contribution in [0, 0.1) is 5.92 Å². The lowest BCUT2D eigenvalue weighted by molar-refractivity contribution is 0.658. The van der Waals surface area contributed by atoms with Crippen LogP contribution < -0.4 is 10.6 Å². The van der Waals surface area contributed by atoms with Crippen molar-refractivity contribution in [3.63, 3.8) is 0 Å². The smallest absolute Gasteiger partial charge is 0.136 e. The molecule has 2 N–H and O–H groups in total. The predicted molar refractivity (Wildman–Crippen MR) is 64.4 cm³/mol. The summed E-state index contributed by atoms with van der Waals surface area (Å²) in [4.78, 5) is 11.3. The molecular formula is C12H18N4. The first-order valence-corrected chi connectivity index (χ1v) is 6.12. The number of rotatable bonds is 2. The molecule has 2 heterocycles. The molecule has 1 atom stereocenters. The van der Waals surface area contributed by atoms with Crippen molar-refractivity contribution in [1.82, 2.24) is 9.97 Å². The molecule has 16 heavy (non-hydrogen) atoms. The number of hydrogen-bond donors (Lipinski definition) is 1. The highest BCUT2D eigenvalue weighted by atomic mass is 15.2. The number of nitrogens with two attached hydrogens (primary N) is 1. The lowest BCUT2D eigenvalue weighted by atomic mass is 10.2. The van der Waals surface area contributed by atoms with Gasteiger partial charge in [0.25, 0.3) is 0 Å². The SMILES string of the molecule is CC1CCN(c2cc(N)nc(C3CC3)n2)C1. The van der Waals surface area contributed by atoms with E-state index in [1.807, 2.05) is 6.07 Å². The van der Waals surface area contributed by atoms with Crippen LogP contribution in [0.4, 0.5) is 11.6 Å². The second-order valence-electron chi connectivity index (χ2n) is 5.12. The Bertz CT molecular complexity index is 400. The van der Waals surface area contributed by atoms with Crippen LogP contribution in [0.5, 0.6) is 0 Å². The summed E-state index contributed by atoms with van der Waals surface area (Å²) in [6, 6.07) is 1.91. The summed E-state index contributed by atoms with van der Waals surface area (Å²) in [5.41, 5.74) is 5.85. The molecule has 1 saturated carbocycles.